The zero-order valence-corrected chi connectivity index (χ0v) is 20.9. The van der Waals surface area contributed by atoms with Crippen molar-refractivity contribution in [3.8, 4) is 0 Å². The molecular weight excluding hydrogens is 440 g/mol. The molecule has 2 heterocycles. The van der Waals surface area contributed by atoms with Crippen molar-refractivity contribution in [2.24, 2.45) is 17.8 Å². The van der Waals surface area contributed by atoms with Crippen molar-refractivity contribution >= 4 is 11.4 Å². The van der Waals surface area contributed by atoms with Crippen LogP contribution >= 0.6 is 0 Å². The molecule has 0 amide bonds. The van der Waals surface area contributed by atoms with Crippen LogP contribution in [0.2, 0.25) is 0 Å². The number of halogens is 2. The minimum absolute atomic E-state index is 0.0498. The van der Waals surface area contributed by atoms with Gasteiger partial charge in [0.15, 0.2) is 0 Å². The van der Waals surface area contributed by atoms with Crippen LogP contribution in [0.1, 0.15) is 56.6 Å². The minimum atomic E-state index is -2.76. The van der Waals surface area contributed by atoms with E-state index in [0.717, 1.165) is 32.9 Å². The molecule has 2 aromatic rings. The van der Waals surface area contributed by atoms with Gasteiger partial charge in [0.05, 0.1) is 11.9 Å². The fraction of sp³-hybridized carbons (Fsp3) is 0.500. The van der Waals surface area contributed by atoms with Gasteiger partial charge in [0.1, 0.15) is 0 Å². The van der Waals surface area contributed by atoms with Crippen LogP contribution in [0, 0.1) is 24.7 Å². The second kappa shape index (κ2) is 8.46. The van der Waals surface area contributed by atoms with Gasteiger partial charge in [0, 0.05) is 55.1 Å². The van der Waals surface area contributed by atoms with Crippen molar-refractivity contribution in [1.82, 2.24) is 4.98 Å². The number of piperidine rings is 1. The lowest BCUT2D eigenvalue weighted by Gasteiger charge is -2.43. The summed E-state index contributed by atoms with van der Waals surface area (Å²) in [6.45, 7) is 7.29. The number of fused-ring (bicyclic) bond motifs is 1. The Morgan fingerprint density at radius 1 is 0.971 bits per heavy atom. The van der Waals surface area contributed by atoms with Crippen LogP contribution in [0.25, 0.3) is 0 Å². The number of alkyl halides is 2. The van der Waals surface area contributed by atoms with Crippen LogP contribution in [0.15, 0.2) is 66.1 Å². The van der Waals surface area contributed by atoms with Crippen molar-refractivity contribution in [1.29, 1.82) is 0 Å². The molecule has 1 saturated heterocycles. The molecular formula is C30H35F2N3. The van der Waals surface area contributed by atoms with Crippen LogP contribution in [-0.4, -0.2) is 30.0 Å². The molecule has 3 unspecified atom stereocenters. The van der Waals surface area contributed by atoms with E-state index < -0.39 is 5.92 Å². The van der Waals surface area contributed by atoms with E-state index in [1.54, 1.807) is 6.08 Å². The third kappa shape index (κ3) is 4.17. The lowest BCUT2D eigenvalue weighted by molar-refractivity contribution is 0.0561. The third-order valence-corrected chi connectivity index (χ3v) is 8.64. The van der Waals surface area contributed by atoms with Gasteiger partial charge in [-0.25, -0.2) is 8.78 Å². The first kappa shape index (κ1) is 22.8. The molecule has 2 saturated carbocycles. The van der Waals surface area contributed by atoms with Gasteiger partial charge >= 0.3 is 0 Å². The highest BCUT2D eigenvalue weighted by molar-refractivity contribution is 5.63. The topological polar surface area (TPSA) is 19.4 Å². The molecule has 1 aromatic heterocycles. The molecule has 184 valence electrons. The largest absolute Gasteiger partial charge is 0.371 e. The Morgan fingerprint density at radius 3 is 2.34 bits per heavy atom. The predicted octanol–water partition coefficient (Wildman–Crippen LogP) is 7.10. The first-order chi connectivity index (χ1) is 16.8. The van der Waals surface area contributed by atoms with E-state index in [9.17, 15) is 8.78 Å². The van der Waals surface area contributed by atoms with Crippen molar-refractivity contribution in [3.05, 3.63) is 77.3 Å². The van der Waals surface area contributed by atoms with E-state index in [4.69, 9.17) is 0 Å². The molecule has 0 spiro atoms. The van der Waals surface area contributed by atoms with Crippen LogP contribution in [0.3, 0.4) is 0 Å². The van der Waals surface area contributed by atoms with E-state index >= 15 is 0 Å². The minimum Gasteiger partial charge on any atom is -0.371 e. The van der Waals surface area contributed by atoms with Gasteiger partial charge in [-0.2, -0.15) is 0 Å². The van der Waals surface area contributed by atoms with E-state index in [0.29, 0.717) is 17.5 Å². The van der Waals surface area contributed by atoms with Crippen molar-refractivity contribution in [2.75, 3.05) is 22.9 Å². The number of hydrogen-bond donors (Lipinski definition) is 0. The zero-order valence-electron chi connectivity index (χ0n) is 20.9. The monoisotopic (exact) mass is 475 g/mol. The van der Waals surface area contributed by atoms with Gasteiger partial charge in [0.2, 0.25) is 0 Å². The molecule has 35 heavy (non-hydrogen) atoms. The maximum absolute atomic E-state index is 14.3. The Hall–Kier alpha value is -2.69. The molecule has 5 heteroatoms. The van der Waals surface area contributed by atoms with E-state index in [2.05, 4.69) is 59.0 Å². The number of pyridine rings is 1. The molecule has 3 aliphatic carbocycles. The SMILES string of the molecule is Cc1ccc(N2CCC(N(C3=CC=C(C(C)(F)F)C4C(C)C34)c3cnccc3C3CC3)CC2)cc1. The summed E-state index contributed by atoms with van der Waals surface area (Å²) >= 11 is 0. The number of hydrogen-bond acceptors (Lipinski definition) is 3. The Balaban J connectivity index is 1.34. The molecule has 6 rings (SSSR count). The van der Waals surface area contributed by atoms with Gasteiger partial charge in [-0.05, 0) is 80.2 Å². The first-order valence-corrected chi connectivity index (χ1v) is 13.2. The first-order valence-electron chi connectivity index (χ1n) is 13.2. The van der Waals surface area contributed by atoms with Gasteiger partial charge < -0.3 is 9.80 Å². The molecule has 3 fully saturated rings. The predicted molar refractivity (Wildman–Crippen MR) is 138 cm³/mol. The quantitative estimate of drug-likeness (QED) is 0.444. The highest BCUT2D eigenvalue weighted by atomic mass is 19.3. The number of nitrogens with zero attached hydrogens (tertiary/aromatic N) is 3. The summed E-state index contributed by atoms with van der Waals surface area (Å²) in [6, 6.07) is 11.3. The fourth-order valence-corrected chi connectivity index (χ4v) is 6.49. The number of benzene rings is 1. The second-order valence-electron chi connectivity index (χ2n) is 11.1. The Bertz CT molecular complexity index is 1150. The molecule has 0 bridgehead atoms. The Morgan fingerprint density at radius 2 is 1.69 bits per heavy atom. The highest BCUT2D eigenvalue weighted by Crippen LogP contribution is 2.61. The summed E-state index contributed by atoms with van der Waals surface area (Å²) in [5, 5.41) is 0. The Labute approximate surface area is 207 Å². The molecule has 1 aliphatic heterocycles. The summed E-state index contributed by atoms with van der Waals surface area (Å²) in [7, 11) is 0. The van der Waals surface area contributed by atoms with Crippen LogP contribution in [-0.2, 0) is 0 Å². The number of anilines is 2. The van der Waals surface area contributed by atoms with Crippen molar-refractivity contribution in [2.45, 2.75) is 64.3 Å². The standard InChI is InChI=1S/C30H35F2N3/c1-19-4-8-22(9-5-19)34-16-13-23(14-17-34)35(27-18-33-15-12-24(27)21-6-7-21)26-11-10-25(30(3,31)32)28-20(2)29(26)28/h4-5,8-12,15,18,20-21,23,28-29H,6-7,13-14,16-17H2,1-3H3. The van der Waals surface area contributed by atoms with Gasteiger partial charge in [-0.1, -0.05) is 30.7 Å². The van der Waals surface area contributed by atoms with Crippen LogP contribution in [0.5, 0.6) is 0 Å². The molecule has 3 atom stereocenters. The van der Waals surface area contributed by atoms with E-state index in [-0.39, 0.29) is 17.8 Å². The average Bonchev–Trinajstić information content (AvgIpc) is 3.78. The van der Waals surface area contributed by atoms with Crippen LogP contribution < -0.4 is 9.80 Å². The normalized spacial score (nSPS) is 26.7. The van der Waals surface area contributed by atoms with Crippen molar-refractivity contribution < 1.29 is 8.78 Å². The summed E-state index contributed by atoms with van der Waals surface area (Å²) in [5.74, 6) is -1.79. The summed E-state index contributed by atoms with van der Waals surface area (Å²) < 4.78 is 28.7. The van der Waals surface area contributed by atoms with Crippen LogP contribution in [0.4, 0.5) is 20.2 Å². The number of allylic oxidation sites excluding steroid dienone is 4. The zero-order chi connectivity index (χ0) is 24.3. The number of aromatic nitrogens is 1. The average molecular weight is 476 g/mol. The van der Waals surface area contributed by atoms with Gasteiger partial charge in [-0.3, -0.25) is 4.98 Å². The lowest BCUT2D eigenvalue weighted by Crippen LogP contribution is -2.46. The lowest BCUT2D eigenvalue weighted by atomic mass is 9.93. The summed E-state index contributed by atoms with van der Waals surface area (Å²) in [4.78, 5) is 9.54. The smallest absolute Gasteiger partial charge is 0.267 e. The molecule has 0 N–H and O–H groups in total. The summed E-state index contributed by atoms with van der Waals surface area (Å²) in [6.07, 6.45) is 12.2. The fourth-order valence-electron chi connectivity index (χ4n) is 6.49. The highest BCUT2D eigenvalue weighted by Gasteiger charge is 2.58. The third-order valence-electron chi connectivity index (χ3n) is 8.64. The molecule has 3 nitrogen and oxygen atoms in total. The summed E-state index contributed by atoms with van der Waals surface area (Å²) in [5.41, 5.74) is 6.67. The van der Waals surface area contributed by atoms with Crippen molar-refractivity contribution in [3.63, 3.8) is 0 Å². The Kier molecular flexibility index (Phi) is 5.50. The van der Waals surface area contributed by atoms with Gasteiger partial charge in [-0.15, -0.1) is 0 Å². The number of rotatable bonds is 6. The van der Waals surface area contributed by atoms with E-state index in [1.807, 2.05) is 18.5 Å². The second-order valence-corrected chi connectivity index (χ2v) is 11.1. The van der Waals surface area contributed by atoms with Gasteiger partial charge in [0.25, 0.3) is 5.92 Å². The maximum atomic E-state index is 14.3. The van der Waals surface area contributed by atoms with E-state index in [1.165, 1.54) is 41.0 Å². The maximum Gasteiger partial charge on any atom is 0.267 e. The molecule has 4 aliphatic rings. The molecule has 0 radical (unpaired) electrons. The number of aryl methyl sites for hydroxylation is 1. The molecule has 1 aromatic carbocycles.